The van der Waals surface area contributed by atoms with Gasteiger partial charge in [0.2, 0.25) is 0 Å². The minimum absolute atomic E-state index is 0.359. The zero-order chi connectivity index (χ0) is 21.9. The van der Waals surface area contributed by atoms with Crippen molar-refractivity contribution in [2.24, 2.45) is 0 Å². The highest BCUT2D eigenvalue weighted by molar-refractivity contribution is 7.79. The molecule has 4 aromatic rings. The second-order valence-electron chi connectivity index (χ2n) is 8.44. The summed E-state index contributed by atoms with van der Waals surface area (Å²) in [6.45, 7) is 4.65. The highest BCUT2D eigenvalue weighted by Gasteiger charge is 2.46. The van der Waals surface area contributed by atoms with Crippen LogP contribution in [0.3, 0.4) is 0 Å². The summed E-state index contributed by atoms with van der Waals surface area (Å²) in [7, 11) is -1.43. The van der Waals surface area contributed by atoms with Crippen LogP contribution in [0.5, 0.6) is 0 Å². The predicted molar refractivity (Wildman–Crippen MR) is 135 cm³/mol. The van der Waals surface area contributed by atoms with Crippen molar-refractivity contribution in [2.75, 3.05) is 0 Å². The molecule has 1 aliphatic heterocycles. The first-order valence-electron chi connectivity index (χ1n) is 11.3. The second-order valence-corrected chi connectivity index (χ2v) is 13.1. The maximum atomic E-state index is 6.03. The van der Waals surface area contributed by atoms with Crippen molar-refractivity contribution in [3.63, 3.8) is 0 Å². The van der Waals surface area contributed by atoms with Gasteiger partial charge in [-0.1, -0.05) is 60.7 Å². The summed E-state index contributed by atoms with van der Waals surface area (Å²) in [5.74, 6) is 0. The molecule has 2 atom stereocenters. The van der Waals surface area contributed by atoms with Gasteiger partial charge in [-0.05, 0) is 70.2 Å². The summed E-state index contributed by atoms with van der Waals surface area (Å²) < 4.78 is 14.8. The SMILES string of the molecule is CC(C)N(P(c1ccco1)c1ccco1)P1C(c2ccccc2)CCC1c1ccccc1. The molecule has 0 saturated carbocycles. The molecule has 3 heterocycles. The Hall–Kier alpha value is -2.18. The molecule has 5 rings (SSSR count). The molecule has 5 heteroatoms. The van der Waals surface area contributed by atoms with Crippen LogP contribution in [0.1, 0.15) is 49.1 Å². The van der Waals surface area contributed by atoms with Crippen LogP contribution < -0.4 is 11.0 Å². The van der Waals surface area contributed by atoms with Gasteiger partial charge in [0.25, 0.3) is 0 Å². The summed E-state index contributed by atoms with van der Waals surface area (Å²) in [4.78, 5) is 0. The first-order valence-corrected chi connectivity index (χ1v) is 14.0. The Balaban J connectivity index is 1.65. The Bertz CT molecular complexity index is 1000. The summed E-state index contributed by atoms with van der Waals surface area (Å²) >= 11 is 0. The third-order valence-electron chi connectivity index (χ3n) is 6.05. The van der Waals surface area contributed by atoms with Gasteiger partial charge in [-0.2, -0.15) is 0 Å². The van der Waals surface area contributed by atoms with Gasteiger partial charge in [0, 0.05) is 17.4 Å². The largest absolute Gasteiger partial charge is 0.463 e. The quantitative estimate of drug-likeness (QED) is 0.265. The number of rotatable bonds is 7. The predicted octanol–water partition coefficient (Wildman–Crippen LogP) is 7.60. The number of hydrogen-bond acceptors (Lipinski definition) is 3. The Morgan fingerprint density at radius 3 is 1.56 bits per heavy atom. The van der Waals surface area contributed by atoms with Gasteiger partial charge >= 0.3 is 0 Å². The van der Waals surface area contributed by atoms with Crippen LogP contribution in [-0.2, 0) is 0 Å². The van der Waals surface area contributed by atoms with E-state index in [9.17, 15) is 0 Å². The zero-order valence-corrected chi connectivity index (χ0v) is 20.3. The van der Waals surface area contributed by atoms with Crippen molar-refractivity contribution in [2.45, 2.75) is 44.0 Å². The number of benzene rings is 2. The van der Waals surface area contributed by atoms with Gasteiger partial charge in [-0.25, -0.2) is 4.44 Å². The molecule has 0 amide bonds. The van der Waals surface area contributed by atoms with E-state index in [0.717, 1.165) is 11.0 Å². The van der Waals surface area contributed by atoms with Crippen LogP contribution in [0.25, 0.3) is 0 Å². The number of hydrogen-bond donors (Lipinski definition) is 0. The molecule has 3 nitrogen and oxygen atoms in total. The Morgan fingerprint density at radius 2 is 1.19 bits per heavy atom. The molecule has 1 aliphatic rings. The first-order chi connectivity index (χ1) is 15.7. The number of nitrogens with zero attached hydrogens (tertiary/aromatic N) is 1. The zero-order valence-electron chi connectivity index (χ0n) is 18.5. The second kappa shape index (κ2) is 9.75. The molecule has 0 bridgehead atoms. The summed E-state index contributed by atoms with van der Waals surface area (Å²) in [6, 6.07) is 30.8. The average Bonchev–Trinajstić information content (AvgIpc) is 3.60. The average molecular weight is 461 g/mol. The van der Waals surface area contributed by atoms with Gasteiger partial charge in [0.1, 0.15) is 19.1 Å². The molecule has 0 aliphatic carbocycles. The topological polar surface area (TPSA) is 29.5 Å². The summed E-state index contributed by atoms with van der Waals surface area (Å²) in [6.07, 6.45) is 5.99. The van der Waals surface area contributed by atoms with Crippen molar-refractivity contribution in [3.8, 4) is 0 Å². The Labute approximate surface area is 193 Å². The highest BCUT2D eigenvalue weighted by Crippen LogP contribution is 2.76. The van der Waals surface area contributed by atoms with Crippen LogP contribution >= 0.6 is 16.1 Å². The lowest BCUT2D eigenvalue weighted by Gasteiger charge is -2.43. The van der Waals surface area contributed by atoms with E-state index >= 15 is 0 Å². The highest BCUT2D eigenvalue weighted by atomic mass is 31.2. The molecule has 2 aromatic heterocycles. The molecule has 2 aromatic carbocycles. The normalized spacial score (nSPS) is 21.1. The van der Waals surface area contributed by atoms with Gasteiger partial charge in [0.15, 0.2) is 0 Å². The third kappa shape index (κ3) is 4.23. The minimum atomic E-state index is -0.896. The molecular formula is C27H29NO2P2. The van der Waals surface area contributed by atoms with Crippen LogP contribution in [-0.4, -0.2) is 10.5 Å². The smallest absolute Gasteiger partial charge is 0.148 e. The summed E-state index contributed by atoms with van der Waals surface area (Å²) in [5.41, 5.74) is 5.98. The van der Waals surface area contributed by atoms with Crippen LogP contribution in [0.15, 0.2) is 106 Å². The van der Waals surface area contributed by atoms with E-state index in [4.69, 9.17) is 8.83 Å². The van der Waals surface area contributed by atoms with Crippen molar-refractivity contribution in [3.05, 3.63) is 109 Å². The van der Waals surface area contributed by atoms with Crippen molar-refractivity contribution in [1.29, 1.82) is 0 Å². The van der Waals surface area contributed by atoms with Gasteiger partial charge in [-0.3, -0.25) is 0 Å². The lowest BCUT2D eigenvalue weighted by Crippen LogP contribution is -2.30. The maximum absolute atomic E-state index is 6.03. The van der Waals surface area contributed by atoms with Crippen molar-refractivity contribution >= 4 is 27.1 Å². The van der Waals surface area contributed by atoms with Crippen molar-refractivity contribution < 1.29 is 8.83 Å². The fourth-order valence-electron chi connectivity index (χ4n) is 4.76. The molecule has 32 heavy (non-hydrogen) atoms. The van der Waals surface area contributed by atoms with E-state index in [0.29, 0.717) is 17.4 Å². The Morgan fingerprint density at radius 1 is 0.719 bits per heavy atom. The Kier molecular flexibility index (Phi) is 6.60. The molecule has 0 N–H and O–H groups in total. The summed E-state index contributed by atoms with van der Waals surface area (Å²) in [5, 5.41) is 0. The van der Waals surface area contributed by atoms with Gasteiger partial charge < -0.3 is 8.83 Å². The third-order valence-corrected chi connectivity index (χ3v) is 12.8. The van der Waals surface area contributed by atoms with Gasteiger partial charge in [0.05, 0.1) is 12.5 Å². The van der Waals surface area contributed by atoms with Crippen LogP contribution in [0, 0.1) is 0 Å². The monoisotopic (exact) mass is 461 g/mol. The first kappa shape index (κ1) is 21.7. The van der Waals surface area contributed by atoms with E-state index in [1.54, 1.807) is 12.5 Å². The van der Waals surface area contributed by atoms with Gasteiger partial charge in [-0.15, -0.1) is 0 Å². The van der Waals surface area contributed by atoms with E-state index in [1.807, 2.05) is 12.1 Å². The standard InChI is InChI=1S/C27H29NO2P2/c1-21(2)28(32(26-15-9-19-29-26)27-16-10-20-30-27)31-24(22-11-5-3-6-12-22)17-18-25(31)23-13-7-4-8-14-23/h3-16,19-21,24-25H,17-18H2,1-2H3. The molecule has 0 radical (unpaired) electrons. The minimum Gasteiger partial charge on any atom is -0.463 e. The molecule has 1 fully saturated rings. The van der Waals surface area contributed by atoms with E-state index in [1.165, 1.54) is 24.0 Å². The molecular weight excluding hydrogens is 432 g/mol. The fraction of sp³-hybridized carbons (Fsp3) is 0.259. The fourth-order valence-corrected chi connectivity index (χ4v) is 12.0. The molecule has 0 spiro atoms. The molecule has 164 valence electrons. The number of furan rings is 2. The molecule has 1 saturated heterocycles. The van der Waals surface area contributed by atoms with E-state index in [2.05, 4.69) is 91.1 Å². The van der Waals surface area contributed by atoms with Crippen LogP contribution in [0.2, 0.25) is 0 Å². The van der Waals surface area contributed by atoms with Crippen molar-refractivity contribution in [1.82, 2.24) is 4.44 Å². The van der Waals surface area contributed by atoms with Crippen LogP contribution in [0.4, 0.5) is 0 Å². The van der Waals surface area contributed by atoms with E-state index < -0.39 is 16.1 Å². The molecule has 2 unspecified atom stereocenters. The van der Waals surface area contributed by atoms with E-state index in [-0.39, 0.29) is 0 Å². The maximum Gasteiger partial charge on any atom is 0.148 e. The lowest BCUT2D eigenvalue weighted by atomic mass is 10.0. The lowest BCUT2D eigenvalue weighted by molar-refractivity contribution is 0.543.